The Morgan fingerprint density at radius 2 is 1.90 bits per heavy atom. The van der Waals surface area contributed by atoms with E-state index in [0.717, 1.165) is 31.5 Å². The average molecular weight is 405 g/mol. The summed E-state index contributed by atoms with van der Waals surface area (Å²) in [6.07, 6.45) is 1.96. The smallest absolute Gasteiger partial charge is 0.247 e. The molecule has 1 atom stereocenters. The van der Waals surface area contributed by atoms with Crippen LogP contribution in [0.2, 0.25) is 0 Å². The van der Waals surface area contributed by atoms with Crippen molar-refractivity contribution in [3.63, 3.8) is 0 Å². The molecule has 2 aromatic carbocycles. The number of nitrogens with zero attached hydrogens (tertiary/aromatic N) is 5. The minimum atomic E-state index is -0.322. The van der Waals surface area contributed by atoms with Gasteiger partial charge in [0.15, 0.2) is 0 Å². The maximum atomic E-state index is 13.5. The van der Waals surface area contributed by atoms with E-state index >= 15 is 0 Å². The fraction of sp³-hybridized carbons (Fsp3) is 0.273. The number of piperidine rings is 1. The van der Waals surface area contributed by atoms with Gasteiger partial charge in [0.1, 0.15) is 5.82 Å². The van der Waals surface area contributed by atoms with Gasteiger partial charge in [-0.2, -0.15) is 4.98 Å². The zero-order valence-electron chi connectivity index (χ0n) is 16.2. The van der Waals surface area contributed by atoms with Crippen LogP contribution in [0, 0.1) is 5.82 Å². The first kappa shape index (κ1) is 18.6. The van der Waals surface area contributed by atoms with Gasteiger partial charge in [-0.25, -0.2) is 4.39 Å². The molecule has 0 N–H and O–H groups in total. The fourth-order valence-electron chi connectivity index (χ4n) is 3.75. The van der Waals surface area contributed by atoms with E-state index in [1.54, 1.807) is 12.1 Å². The van der Waals surface area contributed by atoms with Gasteiger partial charge in [-0.1, -0.05) is 35.5 Å². The van der Waals surface area contributed by atoms with Crippen LogP contribution in [0.3, 0.4) is 0 Å². The Bertz CT molecular complexity index is 1130. The lowest BCUT2D eigenvalue weighted by Gasteiger charge is -2.29. The van der Waals surface area contributed by atoms with Crippen molar-refractivity contribution in [3.8, 4) is 22.8 Å². The van der Waals surface area contributed by atoms with Gasteiger partial charge in [0.25, 0.3) is 0 Å². The van der Waals surface area contributed by atoms with Crippen LogP contribution in [0.25, 0.3) is 22.8 Å². The SMILES string of the molecule is Fc1cccc(-c2noc(C3CCCN(Cc4nnc(-c5ccccc5)o4)C3)n2)c1. The molecule has 4 aromatic rings. The average Bonchev–Trinajstić information content (AvgIpc) is 3.45. The van der Waals surface area contributed by atoms with Crippen LogP contribution in [0.4, 0.5) is 4.39 Å². The summed E-state index contributed by atoms with van der Waals surface area (Å²) in [6, 6.07) is 15.9. The first-order valence-corrected chi connectivity index (χ1v) is 9.94. The van der Waals surface area contributed by atoms with Crippen LogP contribution in [-0.4, -0.2) is 38.3 Å². The van der Waals surface area contributed by atoms with Crippen molar-refractivity contribution >= 4 is 0 Å². The van der Waals surface area contributed by atoms with Crippen molar-refractivity contribution in [2.24, 2.45) is 0 Å². The van der Waals surface area contributed by atoms with E-state index in [1.807, 2.05) is 30.3 Å². The van der Waals surface area contributed by atoms with Crippen molar-refractivity contribution in [1.82, 2.24) is 25.2 Å². The molecule has 1 saturated heterocycles. The Labute approximate surface area is 172 Å². The normalized spacial score (nSPS) is 17.3. The molecule has 0 amide bonds. The highest BCUT2D eigenvalue weighted by molar-refractivity contribution is 5.54. The number of aromatic nitrogens is 4. The Balaban J connectivity index is 1.26. The van der Waals surface area contributed by atoms with E-state index in [9.17, 15) is 4.39 Å². The molecular formula is C22H20FN5O2. The third-order valence-electron chi connectivity index (χ3n) is 5.23. The summed E-state index contributed by atoms with van der Waals surface area (Å²) < 4.78 is 24.8. The van der Waals surface area contributed by atoms with Crippen LogP contribution in [0.1, 0.15) is 30.5 Å². The molecule has 5 rings (SSSR count). The molecule has 2 aromatic heterocycles. The highest BCUT2D eigenvalue weighted by Crippen LogP contribution is 2.28. The van der Waals surface area contributed by atoms with E-state index in [4.69, 9.17) is 8.94 Å². The molecule has 152 valence electrons. The number of rotatable bonds is 5. The molecular weight excluding hydrogens is 385 g/mol. The molecule has 3 heterocycles. The van der Waals surface area contributed by atoms with Gasteiger partial charge in [-0.15, -0.1) is 10.2 Å². The van der Waals surface area contributed by atoms with Crippen molar-refractivity contribution in [2.45, 2.75) is 25.3 Å². The Morgan fingerprint density at radius 3 is 2.77 bits per heavy atom. The molecule has 0 bridgehead atoms. The fourth-order valence-corrected chi connectivity index (χ4v) is 3.75. The van der Waals surface area contributed by atoms with Gasteiger partial charge in [0.2, 0.25) is 23.5 Å². The quantitative estimate of drug-likeness (QED) is 0.489. The predicted octanol–water partition coefficient (Wildman–Crippen LogP) is 4.31. The maximum Gasteiger partial charge on any atom is 0.247 e. The van der Waals surface area contributed by atoms with Crippen LogP contribution in [-0.2, 0) is 6.54 Å². The number of hydrogen-bond acceptors (Lipinski definition) is 7. The number of likely N-dealkylation sites (tertiary alicyclic amines) is 1. The lowest BCUT2D eigenvalue weighted by molar-refractivity contribution is 0.167. The Hall–Kier alpha value is -3.39. The van der Waals surface area contributed by atoms with Gasteiger partial charge in [0.05, 0.1) is 12.5 Å². The minimum Gasteiger partial charge on any atom is -0.419 e. The summed E-state index contributed by atoms with van der Waals surface area (Å²) >= 11 is 0. The number of hydrogen-bond donors (Lipinski definition) is 0. The van der Waals surface area contributed by atoms with E-state index in [1.165, 1.54) is 12.1 Å². The molecule has 1 fully saturated rings. The minimum absolute atomic E-state index is 0.116. The molecule has 1 unspecified atom stereocenters. The van der Waals surface area contributed by atoms with E-state index in [2.05, 4.69) is 25.2 Å². The van der Waals surface area contributed by atoms with Gasteiger partial charge in [-0.3, -0.25) is 4.90 Å². The highest BCUT2D eigenvalue weighted by Gasteiger charge is 2.27. The lowest BCUT2D eigenvalue weighted by atomic mass is 9.98. The Morgan fingerprint density at radius 1 is 1.03 bits per heavy atom. The molecule has 30 heavy (non-hydrogen) atoms. The van der Waals surface area contributed by atoms with Gasteiger partial charge in [-0.05, 0) is 43.7 Å². The number of benzene rings is 2. The third-order valence-corrected chi connectivity index (χ3v) is 5.23. The van der Waals surface area contributed by atoms with Crippen LogP contribution in [0.15, 0.2) is 63.5 Å². The molecule has 0 spiro atoms. The maximum absolute atomic E-state index is 13.5. The second-order valence-corrected chi connectivity index (χ2v) is 7.41. The second kappa shape index (κ2) is 8.16. The Kier molecular flexibility index (Phi) is 5.06. The first-order chi connectivity index (χ1) is 14.7. The summed E-state index contributed by atoms with van der Waals surface area (Å²) in [6.45, 7) is 2.26. The lowest BCUT2D eigenvalue weighted by Crippen LogP contribution is -2.34. The molecule has 0 saturated carbocycles. The molecule has 8 heteroatoms. The molecule has 1 aliphatic heterocycles. The van der Waals surface area contributed by atoms with E-state index in [0.29, 0.717) is 35.6 Å². The predicted molar refractivity (Wildman–Crippen MR) is 107 cm³/mol. The zero-order valence-corrected chi connectivity index (χ0v) is 16.2. The second-order valence-electron chi connectivity index (χ2n) is 7.41. The largest absolute Gasteiger partial charge is 0.419 e. The molecule has 0 radical (unpaired) electrons. The first-order valence-electron chi connectivity index (χ1n) is 9.94. The summed E-state index contributed by atoms with van der Waals surface area (Å²) in [5, 5.41) is 12.4. The topological polar surface area (TPSA) is 81.1 Å². The molecule has 7 nitrogen and oxygen atoms in total. The molecule has 1 aliphatic rings. The summed E-state index contributed by atoms with van der Waals surface area (Å²) in [4.78, 5) is 6.76. The van der Waals surface area contributed by atoms with E-state index < -0.39 is 0 Å². The van der Waals surface area contributed by atoms with Crippen LogP contribution >= 0.6 is 0 Å². The summed E-state index contributed by atoms with van der Waals surface area (Å²) in [7, 11) is 0. The van der Waals surface area contributed by atoms with Crippen molar-refractivity contribution in [1.29, 1.82) is 0 Å². The van der Waals surface area contributed by atoms with Crippen LogP contribution in [0.5, 0.6) is 0 Å². The van der Waals surface area contributed by atoms with Gasteiger partial charge < -0.3 is 8.94 Å². The van der Waals surface area contributed by atoms with Crippen molar-refractivity contribution < 1.29 is 13.3 Å². The summed E-state index contributed by atoms with van der Waals surface area (Å²) in [5.74, 6) is 1.89. The van der Waals surface area contributed by atoms with Crippen LogP contribution < -0.4 is 0 Å². The number of halogens is 1. The molecule has 0 aliphatic carbocycles. The van der Waals surface area contributed by atoms with Gasteiger partial charge in [0, 0.05) is 17.7 Å². The monoisotopic (exact) mass is 405 g/mol. The third kappa shape index (κ3) is 3.99. The van der Waals surface area contributed by atoms with Gasteiger partial charge >= 0.3 is 0 Å². The van der Waals surface area contributed by atoms with Crippen molar-refractivity contribution in [3.05, 3.63) is 72.2 Å². The van der Waals surface area contributed by atoms with Crippen molar-refractivity contribution in [2.75, 3.05) is 13.1 Å². The summed E-state index contributed by atoms with van der Waals surface area (Å²) in [5.41, 5.74) is 1.51. The standard InChI is InChI=1S/C22H20FN5O2/c23-18-10-4-8-16(12-18)20-24-21(30-27-20)17-9-5-11-28(13-17)14-19-25-26-22(29-19)15-6-2-1-3-7-15/h1-4,6-8,10,12,17H,5,9,11,13-14H2. The van der Waals surface area contributed by atoms with E-state index in [-0.39, 0.29) is 11.7 Å². The highest BCUT2D eigenvalue weighted by atomic mass is 19.1. The zero-order chi connectivity index (χ0) is 20.3.